The SMILES string of the molecule is CC(C)[C@@H]1CC[C@@]2(C)[C@@H]3CC(=O)[C@@H](CO)[C@H]2C13. The number of ketones is 1. The van der Waals surface area contributed by atoms with E-state index in [1.54, 1.807) is 0 Å². The van der Waals surface area contributed by atoms with Gasteiger partial charge in [0.05, 0.1) is 6.61 Å². The van der Waals surface area contributed by atoms with E-state index in [-0.39, 0.29) is 12.5 Å². The van der Waals surface area contributed by atoms with Crippen molar-refractivity contribution in [1.29, 1.82) is 0 Å². The van der Waals surface area contributed by atoms with Crippen LogP contribution in [-0.4, -0.2) is 17.5 Å². The number of carbonyl (C=O) groups excluding carboxylic acids is 1. The van der Waals surface area contributed by atoms with Crippen LogP contribution in [0, 0.1) is 40.9 Å². The van der Waals surface area contributed by atoms with Gasteiger partial charge in [-0.3, -0.25) is 4.79 Å². The van der Waals surface area contributed by atoms with Crippen LogP contribution in [0.15, 0.2) is 0 Å². The lowest BCUT2D eigenvalue weighted by Crippen LogP contribution is -2.69. The van der Waals surface area contributed by atoms with Crippen LogP contribution >= 0.6 is 0 Å². The van der Waals surface area contributed by atoms with Crippen molar-refractivity contribution in [3.8, 4) is 0 Å². The summed E-state index contributed by atoms with van der Waals surface area (Å²) in [7, 11) is 0. The number of aliphatic hydroxyl groups is 1. The predicted octanol–water partition coefficient (Wildman–Crippen LogP) is 2.50. The monoisotopic (exact) mass is 236 g/mol. The first-order valence-electron chi connectivity index (χ1n) is 7.14. The summed E-state index contributed by atoms with van der Waals surface area (Å²) in [4.78, 5) is 12.0. The van der Waals surface area contributed by atoms with Gasteiger partial charge in [-0.2, -0.15) is 0 Å². The van der Waals surface area contributed by atoms with Crippen LogP contribution in [0.5, 0.6) is 0 Å². The highest BCUT2D eigenvalue weighted by molar-refractivity contribution is 5.84. The zero-order valence-corrected chi connectivity index (χ0v) is 11.1. The summed E-state index contributed by atoms with van der Waals surface area (Å²) in [6.07, 6.45) is 3.34. The molecule has 1 N–H and O–H groups in total. The van der Waals surface area contributed by atoms with E-state index in [4.69, 9.17) is 0 Å². The average molecular weight is 236 g/mol. The molecule has 4 aliphatic rings. The lowest BCUT2D eigenvalue weighted by atomic mass is 9.32. The Balaban J connectivity index is 1.93. The minimum absolute atomic E-state index is 0.0449. The molecule has 0 heterocycles. The second-order valence-corrected chi connectivity index (χ2v) is 7.12. The molecule has 0 aliphatic heterocycles. The molecular weight excluding hydrogens is 212 g/mol. The fourth-order valence-corrected chi connectivity index (χ4v) is 5.50. The molecule has 4 saturated carbocycles. The molecule has 96 valence electrons. The van der Waals surface area contributed by atoms with Crippen LogP contribution in [0.4, 0.5) is 0 Å². The van der Waals surface area contributed by atoms with Gasteiger partial charge in [-0.1, -0.05) is 20.8 Å². The molecule has 1 unspecified atom stereocenters. The Labute approximate surface area is 104 Å². The molecule has 0 radical (unpaired) electrons. The van der Waals surface area contributed by atoms with E-state index < -0.39 is 0 Å². The normalized spacial score (nSPS) is 52.5. The third-order valence-corrected chi connectivity index (χ3v) is 6.32. The number of Topliss-reactive ketones (excluding diaryl/α,β-unsaturated/α-hetero) is 1. The molecule has 2 nitrogen and oxygen atoms in total. The van der Waals surface area contributed by atoms with E-state index in [9.17, 15) is 9.90 Å². The maximum atomic E-state index is 12.0. The third-order valence-electron chi connectivity index (χ3n) is 6.32. The fraction of sp³-hybridized carbons (Fsp3) is 0.933. The Bertz CT molecular complexity index is 349. The fourth-order valence-electron chi connectivity index (χ4n) is 5.50. The highest BCUT2D eigenvalue weighted by Gasteiger charge is 2.69. The molecule has 4 rings (SSSR count). The van der Waals surface area contributed by atoms with Crippen LogP contribution in [-0.2, 0) is 4.79 Å². The maximum absolute atomic E-state index is 12.0. The van der Waals surface area contributed by atoms with Gasteiger partial charge in [0.1, 0.15) is 5.78 Å². The van der Waals surface area contributed by atoms with E-state index in [1.165, 1.54) is 12.8 Å². The highest BCUT2D eigenvalue weighted by Crippen LogP contribution is 2.72. The van der Waals surface area contributed by atoms with Gasteiger partial charge in [-0.25, -0.2) is 0 Å². The molecule has 4 bridgehead atoms. The first kappa shape index (κ1) is 11.7. The summed E-state index contributed by atoms with van der Waals surface area (Å²) in [6, 6.07) is 0. The predicted molar refractivity (Wildman–Crippen MR) is 66.3 cm³/mol. The van der Waals surface area contributed by atoms with Crippen molar-refractivity contribution < 1.29 is 9.90 Å². The quantitative estimate of drug-likeness (QED) is 0.800. The Hall–Kier alpha value is -0.370. The molecule has 0 aromatic carbocycles. The molecule has 0 aromatic heterocycles. The van der Waals surface area contributed by atoms with Crippen molar-refractivity contribution in [1.82, 2.24) is 0 Å². The largest absolute Gasteiger partial charge is 0.396 e. The van der Waals surface area contributed by atoms with Crippen molar-refractivity contribution in [2.24, 2.45) is 40.9 Å². The van der Waals surface area contributed by atoms with Crippen LogP contribution in [0.1, 0.15) is 40.0 Å². The zero-order valence-electron chi connectivity index (χ0n) is 11.1. The highest BCUT2D eigenvalue weighted by atomic mass is 16.3. The summed E-state index contributed by atoms with van der Waals surface area (Å²) < 4.78 is 0. The molecule has 4 aliphatic carbocycles. The number of hydrogen-bond acceptors (Lipinski definition) is 2. The van der Waals surface area contributed by atoms with Gasteiger partial charge in [0.2, 0.25) is 0 Å². The molecule has 0 spiro atoms. The zero-order chi connectivity index (χ0) is 12.4. The maximum Gasteiger partial charge on any atom is 0.138 e. The number of aliphatic hydroxyl groups excluding tert-OH is 1. The molecular formula is C15H24O2. The van der Waals surface area contributed by atoms with Crippen LogP contribution in [0.25, 0.3) is 0 Å². The van der Waals surface area contributed by atoms with Crippen LogP contribution in [0.3, 0.4) is 0 Å². The number of hydrogen-bond donors (Lipinski definition) is 1. The van der Waals surface area contributed by atoms with Gasteiger partial charge < -0.3 is 5.11 Å². The second-order valence-electron chi connectivity index (χ2n) is 7.12. The summed E-state index contributed by atoms with van der Waals surface area (Å²) in [6.45, 7) is 7.08. The number of rotatable bonds is 2. The van der Waals surface area contributed by atoms with Gasteiger partial charge in [0, 0.05) is 12.3 Å². The van der Waals surface area contributed by atoms with Gasteiger partial charge in [0.15, 0.2) is 0 Å². The molecule has 0 amide bonds. The Kier molecular flexibility index (Phi) is 2.46. The summed E-state index contributed by atoms with van der Waals surface area (Å²) >= 11 is 0. The molecule has 2 heteroatoms. The molecule has 4 fully saturated rings. The lowest BCUT2D eigenvalue weighted by Gasteiger charge is -2.71. The third kappa shape index (κ3) is 1.28. The molecule has 0 aromatic rings. The van der Waals surface area contributed by atoms with Crippen LogP contribution in [0.2, 0.25) is 0 Å². The summed E-state index contributed by atoms with van der Waals surface area (Å²) in [5.74, 6) is 3.64. The topological polar surface area (TPSA) is 37.3 Å². The smallest absolute Gasteiger partial charge is 0.138 e. The lowest BCUT2D eigenvalue weighted by molar-refractivity contribution is -0.238. The average Bonchev–Trinajstić information content (AvgIpc) is 2.29. The molecule has 6 atom stereocenters. The number of carbonyl (C=O) groups is 1. The van der Waals surface area contributed by atoms with E-state index in [2.05, 4.69) is 20.8 Å². The Morgan fingerprint density at radius 3 is 2.76 bits per heavy atom. The first-order valence-corrected chi connectivity index (χ1v) is 7.14. The standard InChI is InChI=1S/C15H24O2/c1-8(2)9-4-5-15(3)11-6-12(17)10(7-16)14(15)13(9)11/h8-11,13-14,16H,4-7H2,1-3H3/t9-,10+,11+,13?,14-,15-/m0/s1. The number of fused-ring (bicyclic) bond motifs is 2. The van der Waals surface area contributed by atoms with Crippen molar-refractivity contribution in [2.75, 3.05) is 6.61 Å². The van der Waals surface area contributed by atoms with Crippen molar-refractivity contribution in [3.63, 3.8) is 0 Å². The van der Waals surface area contributed by atoms with Gasteiger partial charge >= 0.3 is 0 Å². The molecule has 0 saturated heterocycles. The van der Waals surface area contributed by atoms with Gasteiger partial charge in [-0.05, 0) is 47.8 Å². The van der Waals surface area contributed by atoms with E-state index >= 15 is 0 Å². The van der Waals surface area contributed by atoms with E-state index in [1.807, 2.05) is 0 Å². The molecule has 17 heavy (non-hydrogen) atoms. The Morgan fingerprint density at radius 2 is 2.18 bits per heavy atom. The van der Waals surface area contributed by atoms with E-state index in [0.29, 0.717) is 23.0 Å². The van der Waals surface area contributed by atoms with Crippen LogP contribution < -0.4 is 0 Å². The minimum atomic E-state index is -0.0449. The van der Waals surface area contributed by atoms with Gasteiger partial charge in [-0.15, -0.1) is 0 Å². The minimum Gasteiger partial charge on any atom is -0.396 e. The summed E-state index contributed by atoms with van der Waals surface area (Å²) in [5, 5.41) is 9.53. The van der Waals surface area contributed by atoms with Crippen molar-refractivity contribution in [3.05, 3.63) is 0 Å². The van der Waals surface area contributed by atoms with E-state index in [0.717, 1.165) is 24.2 Å². The Morgan fingerprint density at radius 1 is 1.47 bits per heavy atom. The van der Waals surface area contributed by atoms with Crippen molar-refractivity contribution in [2.45, 2.75) is 40.0 Å². The van der Waals surface area contributed by atoms with Gasteiger partial charge in [0.25, 0.3) is 0 Å². The second kappa shape index (κ2) is 3.57. The van der Waals surface area contributed by atoms with Crippen molar-refractivity contribution >= 4 is 5.78 Å². The summed E-state index contributed by atoms with van der Waals surface area (Å²) in [5.41, 5.74) is 0.372. The first-order chi connectivity index (χ1) is 8.00.